The Morgan fingerprint density at radius 2 is 1.54 bits per heavy atom. The highest BCUT2D eigenvalue weighted by Crippen LogP contribution is 2.13. The molecule has 7 heteroatoms. The van der Waals surface area contributed by atoms with Crippen LogP contribution in [0.3, 0.4) is 0 Å². The zero-order valence-electron chi connectivity index (χ0n) is 14.4. The van der Waals surface area contributed by atoms with Crippen LogP contribution in [0.4, 0.5) is 0 Å². The summed E-state index contributed by atoms with van der Waals surface area (Å²) in [5, 5.41) is 14.8. The first kappa shape index (κ1) is 20.1. The van der Waals surface area contributed by atoms with Crippen LogP contribution >= 0.6 is 0 Å². The van der Waals surface area contributed by atoms with Gasteiger partial charge in [-0.05, 0) is 30.5 Å². The molecule has 1 aliphatic heterocycles. The van der Waals surface area contributed by atoms with Crippen LogP contribution in [0.15, 0.2) is 24.5 Å². The summed E-state index contributed by atoms with van der Waals surface area (Å²) in [4.78, 5) is 27.5. The van der Waals surface area contributed by atoms with E-state index < -0.39 is 11.9 Å². The van der Waals surface area contributed by atoms with Gasteiger partial charge in [-0.2, -0.15) is 0 Å². The van der Waals surface area contributed by atoms with Crippen molar-refractivity contribution in [2.24, 2.45) is 0 Å². The summed E-state index contributed by atoms with van der Waals surface area (Å²) in [6.07, 6.45) is 6.33. The second kappa shape index (κ2) is 10.7. The highest BCUT2D eigenvalue weighted by atomic mass is 16.4. The van der Waals surface area contributed by atoms with Crippen LogP contribution in [0.1, 0.15) is 32.3 Å². The lowest BCUT2D eigenvalue weighted by atomic mass is 10.1. The van der Waals surface area contributed by atoms with Crippen molar-refractivity contribution in [1.29, 1.82) is 0 Å². The number of carboxylic acid groups (broad SMARTS) is 2. The van der Waals surface area contributed by atoms with Crippen molar-refractivity contribution in [2.45, 2.75) is 39.3 Å². The lowest BCUT2D eigenvalue weighted by molar-refractivity contribution is -0.159. The number of nitrogens with zero attached hydrogens (tertiary/aromatic N) is 3. The molecule has 1 aromatic heterocycles. The molecule has 0 aromatic carbocycles. The molecule has 0 amide bonds. The number of aliphatic carboxylic acids is 2. The predicted octanol–water partition coefficient (Wildman–Crippen LogP) is 1.54. The third-order valence-electron chi connectivity index (χ3n) is 4.20. The molecule has 1 fully saturated rings. The Morgan fingerprint density at radius 1 is 1.04 bits per heavy atom. The lowest BCUT2D eigenvalue weighted by Crippen LogP contribution is -2.49. The molecule has 0 bridgehead atoms. The minimum Gasteiger partial charge on any atom is -0.473 e. The van der Waals surface area contributed by atoms with E-state index in [9.17, 15) is 0 Å². The molecule has 0 aliphatic carbocycles. The van der Waals surface area contributed by atoms with Gasteiger partial charge in [0.2, 0.25) is 0 Å². The zero-order valence-corrected chi connectivity index (χ0v) is 14.4. The SMILES string of the molecule is CCC(CC)N1CCN(Cc2ccncc2)CC1.O=C(O)C(=O)O. The van der Waals surface area contributed by atoms with E-state index in [0.717, 1.165) is 12.6 Å². The zero-order chi connectivity index (χ0) is 17.9. The van der Waals surface area contributed by atoms with Crippen LogP contribution in [0, 0.1) is 0 Å². The molecule has 1 aromatic rings. The summed E-state index contributed by atoms with van der Waals surface area (Å²) in [5.74, 6) is -3.65. The van der Waals surface area contributed by atoms with Crippen LogP contribution in [0.2, 0.25) is 0 Å². The molecule has 0 atom stereocenters. The fourth-order valence-electron chi connectivity index (χ4n) is 2.84. The van der Waals surface area contributed by atoms with Gasteiger partial charge in [0, 0.05) is 51.2 Å². The number of hydrogen-bond donors (Lipinski definition) is 2. The average Bonchev–Trinajstić information content (AvgIpc) is 2.59. The maximum Gasteiger partial charge on any atom is 0.414 e. The number of rotatable bonds is 5. The van der Waals surface area contributed by atoms with Crippen LogP contribution < -0.4 is 0 Å². The van der Waals surface area contributed by atoms with E-state index in [1.54, 1.807) is 0 Å². The van der Waals surface area contributed by atoms with Crippen molar-refractivity contribution in [1.82, 2.24) is 14.8 Å². The molecule has 134 valence electrons. The molecule has 0 radical (unpaired) electrons. The number of piperazine rings is 1. The van der Waals surface area contributed by atoms with Gasteiger partial charge in [-0.25, -0.2) is 9.59 Å². The quantitative estimate of drug-likeness (QED) is 0.787. The summed E-state index contributed by atoms with van der Waals surface area (Å²) in [6, 6.07) is 5.02. The standard InChI is InChI=1S/C15H25N3.C2H2O4/c1-3-15(4-2)18-11-9-17(10-12-18)13-14-5-7-16-8-6-14;3-1(4)2(5)6/h5-8,15H,3-4,9-13H2,1-2H3;(H,3,4)(H,5,6). The number of pyridine rings is 1. The molecule has 24 heavy (non-hydrogen) atoms. The van der Waals surface area contributed by atoms with Gasteiger partial charge in [0.1, 0.15) is 0 Å². The molecule has 0 saturated carbocycles. The second-order valence-corrected chi connectivity index (χ2v) is 5.75. The maximum atomic E-state index is 9.10. The topological polar surface area (TPSA) is 94.0 Å². The smallest absolute Gasteiger partial charge is 0.414 e. The van der Waals surface area contributed by atoms with Gasteiger partial charge in [-0.1, -0.05) is 13.8 Å². The minimum atomic E-state index is -1.82. The number of carboxylic acids is 2. The van der Waals surface area contributed by atoms with E-state index >= 15 is 0 Å². The fraction of sp³-hybridized carbons (Fsp3) is 0.588. The van der Waals surface area contributed by atoms with E-state index in [1.165, 1.54) is 44.6 Å². The first-order chi connectivity index (χ1) is 11.5. The molecule has 2 rings (SSSR count). The van der Waals surface area contributed by atoms with Crippen LogP contribution in [0.5, 0.6) is 0 Å². The van der Waals surface area contributed by atoms with Gasteiger partial charge in [0.25, 0.3) is 0 Å². The van der Waals surface area contributed by atoms with Crippen molar-refractivity contribution in [3.63, 3.8) is 0 Å². The van der Waals surface area contributed by atoms with Gasteiger partial charge < -0.3 is 10.2 Å². The summed E-state index contributed by atoms with van der Waals surface area (Å²) in [7, 11) is 0. The van der Waals surface area contributed by atoms with Crippen molar-refractivity contribution in [3.8, 4) is 0 Å². The minimum absolute atomic E-state index is 0.785. The van der Waals surface area contributed by atoms with Gasteiger partial charge in [0.15, 0.2) is 0 Å². The number of aromatic nitrogens is 1. The molecular formula is C17H27N3O4. The molecule has 2 heterocycles. The van der Waals surface area contributed by atoms with E-state index in [2.05, 4.69) is 40.8 Å². The Morgan fingerprint density at radius 3 is 1.96 bits per heavy atom. The van der Waals surface area contributed by atoms with Gasteiger partial charge >= 0.3 is 11.9 Å². The van der Waals surface area contributed by atoms with Crippen LogP contribution in [0.25, 0.3) is 0 Å². The molecule has 7 nitrogen and oxygen atoms in total. The Bertz CT molecular complexity index is 486. The largest absolute Gasteiger partial charge is 0.473 e. The van der Waals surface area contributed by atoms with E-state index in [1.807, 2.05) is 12.4 Å². The molecule has 2 N–H and O–H groups in total. The summed E-state index contributed by atoms with van der Waals surface area (Å²) in [5.41, 5.74) is 1.38. The van der Waals surface area contributed by atoms with E-state index in [-0.39, 0.29) is 0 Å². The summed E-state index contributed by atoms with van der Waals surface area (Å²) in [6.45, 7) is 10.5. The Hall–Kier alpha value is -1.99. The van der Waals surface area contributed by atoms with Crippen LogP contribution in [-0.2, 0) is 16.1 Å². The fourth-order valence-corrected chi connectivity index (χ4v) is 2.84. The third-order valence-corrected chi connectivity index (χ3v) is 4.20. The Kier molecular flexibility index (Phi) is 8.96. The first-order valence-corrected chi connectivity index (χ1v) is 8.29. The average molecular weight is 337 g/mol. The molecule has 0 unspecified atom stereocenters. The predicted molar refractivity (Wildman–Crippen MR) is 90.7 cm³/mol. The highest BCUT2D eigenvalue weighted by molar-refractivity contribution is 6.27. The monoisotopic (exact) mass is 337 g/mol. The maximum absolute atomic E-state index is 9.10. The van der Waals surface area contributed by atoms with Crippen LogP contribution in [-0.4, -0.2) is 69.2 Å². The normalized spacial score (nSPS) is 15.6. The third kappa shape index (κ3) is 7.06. The number of carbonyl (C=O) groups is 2. The highest BCUT2D eigenvalue weighted by Gasteiger charge is 2.21. The van der Waals surface area contributed by atoms with E-state index in [0.29, 0.717) is 0 Å². The van der Waals surface area contributed by atoms with Crippen molar-refractivity contribution in [2.75, 3.05) is 26.2 Å². The Labute approximate surface area is 142 Å². The lowest BCUT2D eigenvalue weighted by Gasteiger charge is -2.38. The Balaban J connectivity index is 0.000000413. The van der Waals surface area contributed by atoms with Gasteiger partial charge in [-0.3, -0.25) is 14.8 Å². The van der Waals surface area contributed by atoms with Crippen molar-refractivity contribution >= 4 is 11.9 Å². The van der Waals surface area contributed by atoms with Crippen molar-refractivity contribution in [3.05, 3.63) is 30.1 Å². The molecule has 1 saturated heterocycles. The number of hydrogen-bond acceptors (Lipinski definition) is 5. The van der Waals surface area contributed by atoms with Crippen molar-refractivity contribution < 1.29 is 19.8 Å². The van der Waals surface area contributed by atoms with Gasteiger partial charge in [0.05, 0.1) is 0 Å². The van der Waals surface area contributed by atoms with E-state index in [4.69, 9.17) is 19.8 Å². The molecular weight excluding hydrogens is 310 g/mol. The molecule has 1 aliphatic rings. The summed E-state index contributed by atoms with van der Waals surface area (Å²) >= 11 is 0. The molecule has 0 spiro atoms. The second-order valence-electron chi connectivity index (χ2n) is 5.75. The first-order valence-electron chi connectivity index (χ1n) is 8.29. The van der Waals surface area contributed by atoms with Gasteiger partial charge in [-0.15, -0.1) is 0 Å². The summed E-state index contributed by atoms with van der Waals surface area (Å²) < 4.78 is 0.